The third-order valence-corrected chi connectivity index (χ3v) is 6.03. The summed E-state index contributed by atoms with van der Waals surface area (Å²) in [5.41, 5.74) is 1.68. The first-order valence-electron chi connectivity index (χ1n) is 8.92. The fourth-order valence-corrected chi connectivity index (χ4v) is 3.71. The molecule has 0 fully saturated rings. The molecular weight excluding hydrogens is 392 g/mol. The molecule has 0 radical (unpaired) electrons. The van der Waals surface area contributed by atoms with Crippen molar-refractivity contribution in [1.29, 1.82) is 0 Å². The van der Waals surface area contributed by atoms with Crippen LogP contribution in [-0.4, -0.2) is 48.9 Å². The number of aromatic nitrogens is 2. The van der Waals surface area contributed by atoms with Crippen LogP contribution in [0.25, 0.3) is 5.69 Å². The van der Waals surface area contributed by atoms with Crippen LogP contribution in [0.15, 0.2) is 66.1 Å². The lowest BCUT2D eigenvalue weighted by Gasteiger charge is -2.16. The number of sulfonamides is 1. The van der Waals surface area contributed by atoms with Gasteiger partial charge in [-0.2, -0.15) is 0 Å². The van der Waals surface area contributed by atoms with Crippen LogP contribution in [0.2, 0.25) is 0 Å². The first kappa shape index (κ1) is 20.6. The lowest BCUT2D eigenvalue weighted by Crippen LogP contribution is -2.23. The van der Waals surface area contributed by atoms with Gasteiger partial charge >= 0.3 is 0 Å². The smallest absolute Gasteiger partial charge is 0.255 e. The third-order valence-electron chi connectivity index (χ3n) is 4.19. The number of carbonyl (C=O) groups excluding carboxylic acids is 1. The second kappa shape index (κ2) is 8.46. The zero-order valence-corrected chi connectivity index (χ0v) is 17.2. The summed E-state index contributed by atoms with van der Waals surface area (Å²) >= 11 is 0. The molecule has 0 aliphatic rings. The summed E-state index contributed by atoms with van der Waals surface area (Å²) in [5, 5.41) is 2.74. The van der Waals surface area contributed by atoms with Crippen molar-refractivity contribution in [1.82, 2.24) is 13.9 Å². The van der Waals surface area contributed by atoms with E-state index >= 15 is 0 Å². The highest BCUT2D eigenvalue weighted by molar-refractivity contribution is 7.89. The number of imidazole rings is 1. The Morgan fingerprint density at radius 1 is 1.17 bits per heavy atom. The molecule has 1 heterocycles. The summed E-state index contributed by atoms with van der Waals surface area (Å²) in [6.45, 7) is 2.10. The highest BCUT2D eigenvalue weighted by Crippen LogP contribution is 2.29. The molecule has 0 atom stereocenters. The second-order valence-electron chi connectivity index (χ2n) is 6.35. The van der Waals surface area contributed by atoms with Gasteiger partial charge in [-0.15, -0.1) is 0 Å². The van der Waals surface area contributed by atoms with E-state index in [4.69, 9.17) is 4.74 Å². The zero-order chi connectivity index (χ0) is 21.0. The summed E-state index contributed by atoms with van der Waals surface area (Å²) < 4.78 is 33.6. The van der Waals surface area contributed by atoms with Gasteiger partial charge in [-0.05, 0) is 49.4 Å². The number of benzene rings is 2. The van der Waals surface area contributed by atoms with Gasteiger partial charge in [0, 0.05) is 43.4 Å². The van der Waals surface area contributed by atoms with Gasteiger partial charge in [-0.1, -0.05) is 0 Å². The average Bonchev–Trinajstić information content (AvgIpc) is 3.24. The minimum absolute atomic E-state index is 0.00222. The topological polar surface area (TPSA) is 93.5 Å². The van der Waals surface area contributed by atoms with Crippen molar-refractivity contribution in [2.45, 2.75) is 11.8 Å². The van der Waals surface area contributed by atoms with Crippen LogP contribution in [0.3, 0.4) is 0 Å². The maximum Gasteiger partial charge on any atom is 0.255 e. The lowest BCUT2D eigenvalue weighted by atomic mass is 10.2. The second-order valence-corrected chi connectivity index (χ2v) is 8.47. The van der Waals surface area contributed by atoms with E-state index in [0.29, 0.717) is 17.9 Å². The van der Waals surface area contributed by atoms with Crippen molar-refractivity contribution in [2.24, 2.45) is 0 Å². The molecular formula is C20H22N4O4S. The molecule has 29 heavy (non-hydrogen) atoms. The molecule has 3 rings (SSSR count). The summed E-state index contributed by atoms with van der Waals surface area (Å²) in [5.74, 6) is -0.108. The molecule has 152 valence electrons. The third kappa shape index (κ3) is 4.47. The number of hydrogen-bond acceptors (Lipinski definition) is 5. The lowest BCUT2D eigenvalue weighted by molar-refractivity contribution is 0.102. The number of nitrogens with one attached hydrogen (secondary N) is 1. The van der Waals surface area contributed by atoms with Crippen LogP contribution in [0.1, 0.15) is 17.3 Å². The molecule has 0 spiro atoms. The number of ether oxygens (including phenoxy) is 1. The van der Waals surface area contributed by atoms with Gasteiger partial charge in [0.2, 0.25) is 10.0 Å². The van der Waals surface area contributed by atoms with Crippen molar-refractivity contribution < 1.29 is 17.9 Å². The van der Waals surface area contributed by atoms with Crippen LogP contribution in [0.5, 0.6) is 5.75 Å². The fraction of sp³-hybridized carbons (Fsp3) is 0.200. The predicted octanol–water partition coefficient (Wildman–Crippen LogP) is 2.77. The van der Waals surface area contributed by atoms with Gasteiger partial charge in [-0.3, -0.25) is 4.79 Å². The molecule has 8 nitrogen and oxygen atoms in total. The molecule has 2 aromatic carbocycles. The van der Waals surface area contributed by atoms with E-state index in [0.717, 1.165) is 9.99 Å². The molecule has 0 saturated heterocycles. The van der Waals surface area contributed by atoms with E-state index in [-0.39, 0.29) is 16.6 Å². The molecule has 0 aliphatic heterocycles. The van der Waals surface area contributed by atoms with Crippen molar-refractivity contribution >= 4 is 21.6 Å². The molecule has 9 heteroatoms. The summed E-state index contributed by atoms with van der Waals surface area (Å²) in [4.78, 5) is 16.6. The minimum Gasteiger partial charge on any atom is -0.492 e. The van der Waals surface area contributed by atoms with Crippen molar-refractivity contribution in [3.8, 4) is 11.4 Å². The zero-order valence-electron chi connectivity index (χ0n) is 16.4. The van der Waals surface area contributed by atoms with E-state index in [9.17, 15) is 13.2 Å². The SMILES string of the molecule is CCOc1ccc(NC(=O)c2ccc(-n3ccnc3)cc2)cc1S(=O)(=O)N(C)C. The van der Waals surface area contributed by atoms with Gasteiger partial charge < -0.3 is 14.6 Å². The molecule has 3 aromatic rings. The monoisotopic (exact) mass is 414 g/mol. The first-order chi connectivity index (χ1) is 13.8. The Labute approximate surface area is 169 Å². The number of amides is 1. The number of nitrogens with zero attached hydrogens (tertiary/aromatic N) is 3. The summed E-state index contributed by atoms with van der Waals surface area (Å²) in [7, 11) is -0.850. The van der Waals surface area contributed by atoms with Gasteiger partial charge in [0.15, 0.2) is 0 Å². The van der Waals surface area contributed by atoms with Crippen molar-refractivity contribution in [3.05, 3.63) is 66.7 Å². The van der Waals surface area contributed by atoms with Gasteiger partial charge in [-0.25, -0.2) is 17.7 Å². The number of hydrogen-bond donors (Lipinski definition) is 1. The molecule has 1 N–H and O–H groups in total. The van der Waals surface area contributed by atoms with Crippen LogP contribution in [0, 0.1) is 0 Å². The standard InChI is InChI=1S/C20H22N4O4S/c1-4-28-18-10-7-16(13-19(18)29(26,27)23(2)3)22-20(25)15-5-8-17(9-6-15)24-12-11-21-14-24/h5-14H,4H2,1-3H3,(H,22,25). The molecule has 0 bridgehead atoms. The Morgan fingerprint density at radius 3 is 2.48 bits per heavy atom. The Balaban J connectivity index is 1.85. The Hall–Kier alpha value is -3.17. The van der Waals surface area contributed by atoms with E-state index < -0.39 is 10.0 Å². The number of rotatable bonds is 7. The van der Waals surface area contributed by atoms with Gasteiger partial charge in [0.25, 0.3) is 5.91 Å². The number of anilines is 1. The maximum atomic E-state index is 12.6. The Kier molecular flexibility index (Phi) is 6.00. The van der Waals surface area contributed by atoms with Gasteiger partial charge in [0.1, 0.15) is 10.6 Å². The quantitative estimate of drug-likeness (QED) is 0.642. The largest absolute Gasteiger partial charge is 0.492 e. The number of carbonyl (C=O) groups is 1. The highest BCUT2D eigenvalue weighted by atomic mass is 32.2. The average molecular weight is 414 g/mol. The van der Waals surface area contributed by atoms with Crippen LogP contribution < -0.4 is 10.1 Å². The van der Waals surface area contributed by atoms with Crippen molar-refractivity contribution in [3.63, 3.8) is 0 Å². The van der Waals surface area contributed by atoms with Crippen LogP contribution in [-0.2, 0) is 10.0 Å². The van der Waals surface area contributed by atoms with E-state index in [1.807, 2.05) is 10.8 Å². The van der Waals surface area contributed by atoms with Gasteiger partial charge in [0.05, 0.1) is 12.9 Å². The molecule has 0 saturated carbocycles. The van der Waals surface area contributed by atoms with Crippen LogP contribution >= 0.6 is 0 Å². The molecule has 1 aromatic heterocycles. The van der Waals surface area contributed by atoms with Crippen molar-refractivity contribution in [2.75, 3.05) is 26.0 Å². The molecule has 0 aliphatic carbocycles. The predicted molar refractivity (Wildman–Crippen MR) is 110 cm³/mol. The summed E-state index contributed by atoms with van der Waals surface area (Å²) in [6.07, 6.45) is 5.15. The van der Waals surface area contributed by atoms with Crippen LogP contribution in [0.4, 0.5) is 5.69 Å². The molecule has 0 unspecified atom stereocenters. The normalized spacial score (nSPS) is 11.4. The maximum absolute atomic E-state index is 12.6. The Bertz CT molecular complexity index is 1090. The first-order valence-corrected chi connectivity index (χ1v) is 10.4. The Morgan fingerprint density at radius 2 is 1.90 bits per heavy atom. The highest BCUT2D eigenvalue weighted by Gasteiger charge is 2.23. The summed E-state index contributed by atoms with van der Waals surface area (Å²) in [6, 6.07) is 11.5. The van der Waals surface area contributed by atoms with E-state index in [2.05, 4.69) is 10.3 Å². The minimum atomic E-state index is -3.74. The van der Waals surface area contributed by atoms with E-state index in [1.54, 1.807) is 49.8 Å². The van der Waals surface area contributed by atoms with E-state index in [1.165, 1.54) is 26.2 Å². The fourth-order valence-electron chi connectivity index (χ4n) is 2.66. The molecule has 1 amide bonds.